The number of carbonyl (C=O) groups is 1. The maximum atomic E-state index is 13.2. The van der Waals surface area contributed by atoms with Crippen LogP contribution in [0, 0.1) is 11.3 Å². The number of hydrogen-bond donors (Lipinski definition) is 2. The lowest BCUT2D eigenvalue weighted by atomic mass is 10.0. The van der Waals surface area contributed by atoms with Crippen molar-refractivity contribution in [2.24, 2.45) is 0 Å². The number of halogens is 6. The number of rotatable bonds is 5. The van der Waals surface area contributed by atoms with Gasteiger partial charge in [-0.2, -0.15) is 31.6 Å². The maximum Gasteiger partial charge on any atom is 0.416 e. The lowest BCUT2D eigenvalue weighted by Gasteiger charge is -2.31. The molecule has 3 heterocycles. The zero-order chi connectivity index (χ0) is 26.8. The van der Waals surface area contributed by atoms with E-state index < -0.39 is 30.4 Å². The number of nitrogens with zero attached hydrogens (tertiary/aromatic N) is 5. The molecule has 0 saturated heterocycles. The third-order valence-electron chi connectivity index (χ3n) is 5.51. The summed E-state index contributed by atoms with van der Waals surface area (Å²) in [6.45, 7) is -1.04. The highest BCUT2D eigenvalue weighted by Crippen LogP contribution is 2.35. The molecule has 1 aliphatic heterocycles. The lowest BCUT2D eigenvalue weighted by molar-refractivity contribution is -0.137. The van der Waals surface area contributed by atoms with Gasteiger partial charge in [0.05, 0.1) is 34.6 Å². The largest absolute Gasteiger partial charge is 0.416 e. The van der Waals surface area contributed by atoms with Gasteiger partial charge in [-0.15, -0.1) is 0 Å². The van der Waals surface area contributed by atoms with Crippen molar-refractivity contribution >= 4 is 23.2 Å². The highest BCUT2D eigenvalue weighted by Gasteiger charge is 2.32. The van der Waals surface area contributed by atoms with Crippen LogP contribution < -0.4 is 15.5 Å². The van der Waals surface area contributed by atoms with Crippen LogP contribution >= 0.6 is 0 Å². The van der Waals surface area contributed by atoms with Gasteiger partial charge in [0.1, 0.15) is 30.6 Å². The first-order valence-electron chi connectivity index (χ1n) is 10.7. The molecular weight excluding hydrogens is 504 g/mol. The zero-order valence-corrected chi connectivity index (χ0v) is 18.8. The summed E-state index contributed by atoms with van der Waals surface area (Å²) in [6, 6.07) is 7.56. The Kier molecular flexibility index (Phi) is 6.88. The molecule has 0 atom stereocenters. The molecule has 1 amide bonds. The van der Waals surface area contributed by atoms with Crippen LogP contribution in [0.3, 0.4) is 0 Å². The van der Waals surface area contributed by atoms with Gasteiger partial charge in [0, 0.05) is 18.3 Å². The van der Waals surface area contributed by atoms with Gasteiger partial charge in [-0.25, -0.2) is 15.0 Å². The molecule has 0 radical (unpaired) electrons. The van der Waals surface area contributed by atoms with Gasteiger partial charge in [0.2, 0.25) is 0 Å². The molecule has 2 N–H and O–H groups in total. The Hall–Kier alpha value is -4.41. The van der Waals surface area contributed by atoms with E-state index in [2.05, 4.69) is 20.3 Å². The fraction of sp³-hybridized carbons (Fsp3) is 0.261. The number of pyridine rings is 1. The Labute approximate surface area is 206 Å². The van der Waals surface area contributed by atoms with Crippen molar-refractivity contribution < 1.29 is 31.1 Å². The number of fused-ring (bicyclic) bond motifs is 1. The number of amides is 1. The maximum absolute atomic E-state index is 13.2. The summed E-state index contributed by atoms with van der Waals surface area (Å²) >= 11 is 0. The SMILES string of the molecule is N#Cc1ccc(C(F)(F)F)cc1N1CCc2c(ncnc2Nc2ccc(C(=O)NCC(F)(F)F)cn2)C1. The van der Waals surface area contributed by atoms with Crippen molar-refractivity contribution in [2.45, 2.75) is 25.3 Å². The molecule has 0 spiro atoms. The Morgan fingerprint density at radius 3 is 2.51 bits per heavy atom. The minimum Gasteiger partial charge on any atom is -0.364 e. The predicted molar refractivity (Wildman–Crippen MR) is 119 cm³/mol. The van der Waals surface area contributed by atoms with Gasteiger partial charge in [-0.05, 0) is 36.8 Å². The minimum atomic E-state index is -4.56. The standard InChI is InChI=1S/C23H17F6N7O/c24-22(25,26)11-32-21(37)14-2-4-19(31-9-14)35-20-16-5-6-36(10-17(16)33-12-34-20)18-7-15(23(27,28)29)3-1-13(18)8-30/h1-4,7,9,12H,5-6,10-11H2,(H,32,37)(H,31,33,34,35). The summed E-state index contributed by atoms with van der Waals surface area (Å²) in [5, 5.41) is 14.1. The topological polar surface area (TPSA) is 107 Å². The molecule has 192 valence electrons. The van der Waals surface area contributed by atoms with Crippen LogP contribution in [0.1, 0.15) is 32.7 Å². The number of nitriles is 1. The summed E-state index contributed by atoms with van der Waals surface area (Å²) in [6.07, 6.45) is -6.38. The van der Waals surface area contributed by atoms with E-state index >= 15 is 0 Å². The van der Waals surface area contributed by atoms with Crippen molar-refractivity contribution in [3.05, 3.63) is 70.8 Å². The van der Waals surface area contributed by atoms with E-state index in [9.17, 15) is 36.4 Å². The van der Waals surface area contributed by atoms with Crippen molar-refractivity contribution in [1.82, 2.24) is 20.3 Å². The molecule has 0 bridgehead atoms. The summed E-state index contributed by atoms with van der Waals surface area (Å²) < 4.78 is 76.5. The molecule has 37 heavy (non-hydrogen) atoms. The van der Waals surface area contributed by atoms with Crippen molar-refractivity contribution in [2.75, 3.05) is 23.3 Å². The van der Waals surface area contributed by atoms with Crippen molar-refractivity contribution in [3.63, 3.8) is 0 Å². The van der Waals surface area contributed by atoms with Gasteiger partial charge in [-0.3, -0.25) is 4.79 Å². The summed E-state index contributed by atoms with van der Waals surface area (Å²) in [5.74, 6) is -0.279. The third kappa shape index (κ3) is 6.05. The molecule has 14 heteroatoms. The van der Waals surface area contributed by atoms with Crippen LogP contribution in [0.5, 0.6) is 0 Å². The molecular formula is C23H17F6N7O. The molecule has 1 aromatic carbocycles. The molecule has 1 aliphatic rings. The van der Waals surface area contributed by atoms with Crippen LogP contribution in [-0.2, 0) is 19.1 Å². The van der Waals surface area contributed by atoms with Crippen LogP contribution in [-0.4, -0.2) is 40.1 Å². The third-order valence-corrected chi connectivity index (χ3v) is 5.51. The second-order valence-corrected chi connectivity index (χ2v) is 8.02. The van der Waals surface area contributed by atoms with Crippen LogP contribution in [0.2, 0.25) is 0 Å². The smallest absolute Gasteiger partial charge is 0.364 e. The lowest BCUT2D eigenvalue weighted by Crippen LogP contribution is -2.33. The van der Waals surface area contributed by atoms with E-state index in [1.54, 1.807) is 10.2 Å². The molecule has 0 saturated carbocycles. The Bertz CT molecular complexity index is 1350. The van der Waals surface area contributed by atoms with Crippen LogP contribution in [0.4, 0.5) is 43.7 Å². The summed E-state index contributed by atoms with van der Waals surface area (Å²) in [5.41, 5.74) is 0.555. The van der Waals surface area contributed by atoms with Gasteiger partial charge in [0.15, 0.2) is 0 Å². The molecule has 2 aromatic heterocycles. The number of hydrogen-bond acceptors (Lipinski definition) is 7. The fourth-order valence-electron chi connectivity index (χ4n) is 3.74. The number of benzene rings is 1. The highest BCUT2D eigenvalue weighted by atomic mass is 19.4. The monoisotopic (exact) mass is 521 g/mol. The molecule has 0 unspecified atom stereocenters. The second kappa shape index (κ2) is 9.92. The van der Waals surface area contributed by atoms with E-state index in [1.165, 1.54) is 18.5 Å². The first kappa shape index (κ1) is 25.7. The Morgan fingerprint density at radius 1 is 1.08 bits per heavy atom. The Morgan fingerprint density at radius 2 is 1.86 bits per heavy atom. The number of carbonyl (C=O) groups excluding carboxylic acids is 1. The predicted octanol–water partition coefficient (Wildman–Crippen LogP) is 4.36. The van der Waals surface area contributed by atoms with Gasteiger partial charge in [-0.1, -0.05) is 0 Å². The molecule has 8 nitrogen and oxygen atoms in total. The minimum absolute atomic E-state index is 0.0652. The quantitative estimate of drug-likeness (QED) is 0.481. The van der Waals surface area contributed by atoms with E-state index in [0.29, 0.717) is 23.5 Å². The van der Waals surface area contributed by atoms with E-state index in [4.69, 9.17) is 0 Å². The van der Waals surface area contributed by atoms with Gasteiger partial charge in [0.25, 0.3) is 5.91 Å². The van der Waals surface area contributed by atoms with E-state index in [-0.39, 0.29) is 35.7 Å². The molecule has 0 aliphatic carbocycles. The average Bonchev–Trinajstić information content (AvgIpc) is 2.86. The highest BCUT2D eigenvalue weighted by molar-refractivity contribution is 5.94. The molecule has 4 rings (SSSR count). The summed E-state index contributed by atoms with van der Waals surface area (Å²) in [4.78, 5) is 26.0. The van der Waals surface area contributed by atoms with Crippen LogP contribution in [0.15, 0.2) is 42.9 Å². The summed E-state index contributed by atoms with van der Waals surface area (Å²) in [7, 11) is 0. The van der Waals surface area contributed by atoms with E-state index in [1.807, 2.05) is 6.07 Å². The second-order valence-electron chi connectivity index (χ2n) is 8.02. The van der Waals surface area contributed by atoms with Crippen molar-refractivity contribution in [1.29, 1.82) is 5.26 Å². The normalized spacial score (nSPS) is 13.5. The first-order valence-corrected chi connectivity index (χ1v) is 10.7. The van der Waals surface area contributed by atoms with Gasteiger partial charge < -0.3 is 15.5 Å². The number of nitrogens with one attached hydrogen (secondary N) is 2. The Balaban J connectivity index is 1.51. The molecule has 3 aromatic rings. The van der Waals surface area contributed by atoms with Crippen LogP contribution in [0.25, 0.3) is 0 Å². The average molecular weight is 521 g/mol. The first-order chi connectivity index (χ1) is 17.4. The number of anilines is 3. The van der Waals surface area contributed by atoms with Gasteiger partial charge >= 0.3 is 12.4 Å². The zero-order valence-electron chi connectivity index (χ0n) is 18.8. The number of alkyl halides is 6. The molecule has 0 fully saturated rings. The van der Waals surface area contributed by atoms with E-state index in [0.717, 1.165) is 24.4 Å². The van der Waals surface area contributed by atoms with Crippen molar-refractivity contribution in [3.8, 4) is 6.07 Å². The number of aromatic nitrogens is 3. The fourth-order valence-corrected chi connectivity index (χ4v) is 3.74.